The number of hydrogen-bond donors (Lipinski definition) is 3. The second-order valence-corrected chi connectivity index (χ2v) is 5.87. The minimum absolute atomic E-state index is 0.0780. The SMILES string of the molecule is CC(C)(N)C(=O)NCc1cccc(NC(=O)C2CC2)c1. The third kappa shape index (κ3) is 4.06. The van der Waals surface area contributed by atoms with Gasteiger partial charge in [-0.1, -0.05) is 12.1 Å². The maximum absolute atomic E-state index is 11.7. The van der Waals surface area contributed by atoms with Crippen molar-refractivity contribution in [2.45, 2.75) is 38.8 Å². The quantitative estimate of drug-likeness (QED) is 0.759. The van der Waals surface area contributed by atoms with E-state index in [-0.39, 0.29) is 17.7 Å². The van der Waals surface area contributed by atoms with Gasteiger partial charge in [-0.3, -0.25) is 9.59 Å². The minimum atomic E-state index is -0.891. The van der Waals surface area contributed by atoms with E-state index in [0.717, 1.165) is 24.1 Å². The predicted octanol–water partition coefficient (Wildman–Crippen LogP) is 1.39. The van der Waals surface area contributed by atoms with E-state index in [2.05, 4.69) is 10.6 Å². The van der Waals surface area contributed by atoms with Crippen LogP contribution in [0.15, 0.2) is 24.3 Å². The van der Waals surface area contributed by atoms with Gasteiger partial charge in [0.1, 0.15) is 0 Å². The van der Waals surface area contributed by atoms with Gasteiger partial charge in [0.05, 0.1) is 5.54 Å². The maximum Gasteiger partial charge on any atom is 0.239 e. The Balaban J connectivity index is 1.92. The number of hydrogen-bond acceptors (Lipinski definition) is 3. The molecule has 2 rings (SSSR count). The van der Waals surface area contributed by atoms with Crippen molar-refractivity contribution >= 4 is 17.5 Å². The Bertz CT molecular complexity index is 516. The zero-order chi connectivity index (χ0) is 14.8. The van der Waals surface area contributed by atoms with Crippen molar-refractivity contribution in [1.82, 2.24) is 5.32 Å². The van der Waals surface area contributed by atoms with Gasteiger partial charge < -0.3 is 16.4 Å². The zero-order valence-corrected chi connectivity index (χ0v) is 11.9. The molecule has 108 valence electrons. The van der Waals surface area contributed by atoms with Gasteiger partial charge in [0.25, 0.3) is 0 Å². The molecule has 0 aliphatic heterocycles. The summed E-state index contributed by atoms with van der Waals surface area (Å²) in [5.74, 6) is 0.0515. The lowest BCUT2D eigenvalue weighted by Gasteiger charge is -2.18. The van der Waals surface area contributed by atoms with E-state index < -0.39 is 5.54 Å². The summed E-state index contributed by atoms with van der Waals surface area (Å²) in [6.07, 6.45) is 1.96. The molecule has 0 aromatic heterocycles. The second kappa shape index (κ2) is 5.63. The molecule has 1 fully saturated rings. The van der Waals surface area contributed by atoms with Crippen LogP contribution < -0.4 is 16.4 Å². The fourth-order valence-corrected chi connectivity index (χ4v) is 1.76. The van der Waals surface area contributed by atoms with Gasteiger partial charge in [0.15, 0.2) is 0 Å². The molecule has 0 atom stereocenters. The molecule has 1 saturated carbocycles. The summed E-state index contributed by atoms with van der Waals surface area (Å²) < 4.78 is 0. The molecule has 0 saturated heterocycles. The summed E-state index contributed by atoms with van der Waals surface area (Å²) >= 11 is 0. The molecule has 1 aliphatic rings. The lowest BCUT2D eigenvalue weighted by Crippen LogP contribution is -2.48. The van der Waals surface area contributed by atoms with Crippen molar-refractivity contribution in [3.63, 3.8) is 0 Å². The molecule has 0 heterocycles. The molecule has 2 amide bonds. The third-order valence-corrected chi connectivity index (χ3v) is 3.18. The largest absolute Gasteiger partial charge is 0.350 e. The summed E-state index contributed by atoms with van der Waals surface area (Å²) in [6, 6.07) is 7.47. The van der Waals surface area contributed by atoms with Crippen LogP contribution in [0.25, 0.3) is 0 Å². The summed E-state index contributed by atoms with van der Waals surface area (Å²) in [4.78, 5) is 23.4. The smallest absolute Gasteiger partial charge is 0.239 e. The van der Waals surface area contributed by atoms with E-state index in [1.54, 1.807) is 13.8 Å². The van der Waals surface area contributed by atoms with Crippen LogP contribution in [-0.2, 0) is 16.1 Å². The van der Waals surface area contributed by atoms with Gasteiger partial charge in [0, 0.05) is 18.2 Å². The number of benzene rings is 1. The van der Waals surface area contributed by atoms with E-state index in [1.165, 1.54) is 0 Å². The van der Waals surface area contributed by atoms with Crippen LogP contribution in [0.2, 0.25) is 0 Å². The van der Waals surface area contributed by atoms with E-state index in [1.807, 2.05) is 24.3 Å². The number of nitrogens with one attached hydrogen (secondary N) is 2. The number of carbonyl (C=O) groups is 2. The van der Waals surface area contributed by atoms with Crippen molar-refractivity contribution in [3.8, 4) is 0 Å². The first-order valence-corrected chi connectivity index (χ1v) is 6.83. The average Bonchev–Trinajstić information content (AvgIpc) is 3.19. The summed E-state index contributed by atoms with van der Waals surface area (Å²) in [6.45, 7) is 3.72. The van der Waals surface area contributed by atoms with Crippen molar-refractivity contribution in [1.29, 1.82) is 0 Å². The Morgan fingerprint density at radius 1 is 1.35 bits per heavy atom. The summed E-state index contributed by atoms with van der Waals surface area (Å²) in [5.41, 5.74) is 6.51. The van der Waals surface area contributed by atoms with Crippen LogP contribution in [-0.4, -0.2) is 17.4 Å². The fraction of sp³-hybridized carbons (Fsp3) is 0.467. The fourth-order valence-electron chi connectivity index (χ4n) is 1.76. The molecule has 5 nitrogen and oxygen atoms in total. The molecule has 0 bridgehead atoms. The zero-order valence-electron chi connectivity index (χ0n) is 11.9. The Hall–Kier alpha value is -1.88. The molecular weight excluding hydrogens is 254 g/mol. The Kier molecular flexibility index (Phi) is 4.09. The first kappa shape index (κ1) is 14.5. The van der Waals surface area contributed by atoms with Crippen molar-refractivity contribution in [3.05, 3.63) is 29.8 Å². The van der Waals surface area contributed by atoms with Gasteiger partial charge >= 0.3 is 0 Å². The van der Waals surface area contributed by atoms with Gasteiger partial charge in [-0.2, -0.15) is 0 Å². The number of rotatable bonds is 5. The molecule has 20 heavy (non-hydrogen) atoms. The predicted molar refractivity (Wildman–Crippen MR) is 77.9 cm³/mol. The highest BCUT2D eigenvalue weighted by atomic mass is 16.2. The molecule has 4 N–H and O–H groups in total. The van der Waals surface area contributed by atoms with Crippen LogP contribution in [0.5, 0.6) is 0 Å². The number of carbonyl (C=O) groups excluding carboxylic acids is 2. The molecule has 1 aliphatic carbocycles. The Labute approximate surface area is 118 Å². The molecule has 1 aromatic carbocycles. The minimum Gasteiger partial charge on any atom is -0.350 e. The monoisotopic (exact) mass is 275 g/mol. The molecule has 0 spiro atoms. The highest BCUT2D eigenvalue weighted by Gasteiger charge is 2.29. The Morgan fingerprint density at radius 3 is 2.65 bits per heavy atom. The molecule has 0 radical (unpaired) electrons. The van der Waals surface area contributed by atoms with E-state index >= 15 is 0 Å². The standard InChI is InChI=1S/C15H21N3O2/c1-15(2,16)14(20)17-9-10-4-3-5-12(8-10)18-13(19)11-6-7-11/h3-5,8,11H,6-7,9,16H2,1-2H3,(H,17,20)(H,18,19). The van der Waals surface area contributed by atoms with Crippen LogP contribution >= 0.6 is 0 Å². The normalized spacial score (nSPS) is 14.8. The second-order valence-electron chi connectivity index (χ2n) is 5.87. The topological polar surface area (TPSA) is 84.2 Å². The van der Waals surface area contributed by atoms with E-state index in [4.69, 9.17) is 5.73 Å². The van der Waals surface area contributed by atoms with Crippen LogP contribution in [0.3, 0.4) is 0 Å². The highest BCUT2D eigenvalue weighted by molar-refractivity contribution is 5.94. The Morgan fingerprint density at radius 2 is 2.05 bits per heavy atom. The first-order valence-electron chi connectivity index (χ1n) is 6.83. The summed E-state index contributed by atoms with van der Waals surface area (Å²) in [5, 5.41) is 5.66. The summed E-state index contributed by atoms with van der Waals surface area (Å²) in [7, 11) is 0. The molecule has 1 aromatic rings. The number of nitrogens with two attached hydrogens (primary N) is 1. The van der Waals surface area contributed by atoms with Crippen molar-refractivity contribution in [2.24, 2.45) is 11.7 Å². The molecular formula is C15H21N3O2. The van der Waals surface area contributed by atoms with Crippen LogP contribution in [0.1, 0.15) is 32.3 Å². The van der Waals surface area contributed by atoms with Gasteiger partial charge in [0.2, 0.25) is 11.8 Å². The maximum atomic E-state index is 11.7. The highest BCUT2D eigenvalue weighted by Crippen LogP contribution is 2.30. The number of amides is 2. The lowest BCUT2D eigenvalue weighted by molar-refractivity contribution is -0.125. The van der Waals surface area contributed by atoms with E-state index in [9.17, 15) is 9.59 Å². The van der Waals surface area contributed by atoms with Gasteiger partial charge in [-0.25, -0.2) is 0 Å². The molecule has 5 heteroatoms. The average molecular weight is 275 g/mol. The lowest BCUT2D eigenvalue weighted by atomic mass is 10.1. The van der Waals surface area contributed by atoms with Crippen LogP contribution in [0, 0.1) is 5.92 Å². The van der Waals surface area contributed by atoms with Crippen LogP contribution in [0.4, 0.5) is 5.69 Å². The van der Waals surface area contributed by atoms with Crippen molar-refractivity contribution in [2.75, 3.05) is 5.32 Å². The number of anilines is 1. The molecule has 0 unspecified atom stereocenters. The van der Waals surface area contributed by atoms with E-state index in [0.29, 0.717) is 6.54 Å². The van der Waals surface area contributed by atoms with Crippen molar-refractivity contribution < 1.29 is 9.59 Å². The van der Waals surface area contributed by atoms with Gasteiger partial charge in [-0.15, -0.1) is 0 Å². The van der Waals surface area contributed by atoms with Gasteiger partial charge in [-0.05, 0) is 44.4 Å². The third-order valence-electron chi connectivity index (χ3n) is 3.18. The first-order chi connectivity index (χ1) is 9.36.